The number of hydrogen-bond acceptors (Lipinski definition) is 17. The number of nitriles is 1. The molecule has 85 heavy (non-hydrogen) atoms. The number of nitrogens with two attached hydrogens (primary N) is 1. The Balaban J connectivity index is 0.842. The van der Waals surface area contributed by atoms with Gasteiger partial charge in [0.25, 0.3) is 11.8 Å². The Bertz CT molecular complexity index is 3420. The molecule has 0 saturated carbocycles. The number of fused-ring (bicyclic) bond motifs is 1. The van der Waals surface area contributed by atoms with Gasteiger partial charge in [-0.2, -0.15) is 5.26 Å². The van der Waals surface area contributed by atoms with Crippen molar-refractivity contribution in [3.05, 3.63) is 131 Å². The molecule has 1 saturated heterocycles. The van der Waals surface area contributed by atoms with Crippen LogP contribution in [0.3, 0.4) is 0 Å². The number of esters is 1. The monoisotopic (exact) mass is 1220 g/mol. The standard InChI is InChI=1S/C59H63ClF2N12O9S2/c1-36-8-10-37(11-9-36)5-3-6-51(75)66-20-21-67-57(81)50(73-53(77)17-16-52(76)70-30-42-25-46(47(60)31-69-42)56(80)71-32-54(78)74-35-59(61,62)26-43(74)27-63)34-85-84-22-4-7-55(79)83-33-41-14-12-39(28-68-41)44-18-19-65-49-15-13-38(23-45(44)49)40-24-48(64)58(82-2)72-29-40/h8-15,18-19,23-25,28-29,31,43,50H,3-7,16-17,20-22,26,30,32-35,64H2,1-2H3,(H,66,75)(H,67,81)(H,70,76)(H,71,80)(H,73,77)/t43-,50?/m0/s1. The number of rotatable bonds is 29. The molecule has 0 aliphatic carbocycles. The molecular formula is C59H63ClF2N12O9S2. The summed E-state index contributed by atoms with van der Waals surface area (Å²) < 4.78 is 38.4. The fourth-order valence-corrected chi connectivity index (χ4v) is 11.2. The molecule has 5 heterocycles. The summed E-state index contributed by atoms with van der Waals surface area (Å²) in [6.45, 7) is 0.403. The lowest BCUT2D eigenvalue weighted by Gasteiger charge is -2.19. The Hall–Kier alpha value is -8.47. The summed E-state index contributed by atoms with van der Waals surface area (Å²) in [4.78, 5) is 109. The van der Waals surface area contributed by atoms with Crippen molar-refractivity contribution < 1.29 is 51.8 Å². The van der Waals surface area contributed by atoms with Gasteiger partial charge < -0.3 is 46.7 Å². The molecule has 2 aromatic carbocycles. The number of anilines is 1. The number of aromatic nitrogens is 4. The molecule has 6 amide bonds. The second kappa shape index (κ2) is 31.4. The number of likely N-dealkylation sites (tertiary alicyclic amines) is 1. The highest BCUT2D eigenvalue weighted by Gasteiger charge is 2.47. The van der Waals surface area contributed by atoms with Crippen LogP contribution in [0.25, 0.3) is 33.2 Å². The van der Waals surface area contributed by atoms with Crippen molar-refractivity contribution in [1.82, 2.24) is 51.4 Å². The van der Waals surface area contributed by atoms with Crippen LogP contribution in [0.4, 0.5) is 14.5 Å². The van der Waals surface area contributed by atoms with Crippen LogP contribution in [-0.4, -0.2) is 129 Å². The van der Waals surface area contributed by atoms with Gasteiger partial charge in [0, 0.05) is 98.0 Å². The number of benzene rings is 2. The molecular weight excluding hydrogens is 1160 g/mol. The van der Waals surface area contributed by atoms with Crippen LogP contribution in [0.15, 0.2) is 97.6 Å². The van der Waals surface area contributed by atoms with Crippen molar-refractivity contribution in [2.45, 2.75) is 89.4 Å². The van der Waals surface area contributed by atoms with Crippen molar-refractivity contribution in [3.8, 4) is 34.2 Å². The largest absolute Gasteiger partial charge is 0.480 e. The van der Waals surface area contributed by atoms with Crippen molar-refractivity contribution >= 4 is 91.2 Å². The van der Waals surface area contributed by atoms with Crippen molar-refractivity contribution in [2.75, 3.05) is 50.5 Å². The van der Waals surface area contributed by atoms with Crippen LogP contribution >= 0.6 is 33.2 Å². The Labute approximate surface area is 502 Å². The molecule has 1 fully saturated rings. The fraction of sp³-hybridized carbons (Fsp3) is 0.356. The number of pyridine rings is 4. The van der Waals surface area contributed by atoms with E-state index >= 15 is 0 Å². The van der Waals surface area contributed by atoms with Crippen molar-refractivity contribution in [1.29, 1.82) is 5.26 Å². The Morgan fingerprint density at radius 2 is 1.55 bits per heavy atom. The highest BCUT2D eigenvalue weighted by molar-refractivity contribution is 8.76. The third kappa shape index (κ3) is 19.5. The minimum absolute atomic E-state index is 0.0286. The van der Waals surface area contributed by atoms with Gasteiger partial charge in [0.2, 0.25) is 35.4 Å². The quantitative estimate of drug-likeness (QED) is 0.0159. The number of carbonyl (C=O) groups excluding carboxylic acids is 7. The number of halogens is 3. The first kappa shape index (κ1) is 64.1. The van der Waals surface area contributed by atoms with Gasteiger partial charge in [-0.05, 0) is 79.3 Å². The topological polar surface area (TPSA) is 303 Å². The van der Waals surface area contributed by atoms with Gasteiger partial charge in [0.1, 0.15) is 18.7 Å². The van der Waals surface area contributed by atoms with Crippen molar-refractivity contribution in [3.63, 3.8) is 0 Å². The zero-order valence-electron chi connectivity index (χ0n) is 46.6. The van der Waals surface area contributed by atoms with E-state index in [-0.39, 0.29) is 73.4 Å². The summed E-state index contributed by atoms with van der Waals surface area (Å²) >= 11 is 6.19. The molecule has 4 aromatic heterocycles. The molecule has 21 nitrogen and oxygen atoms in total. The maximum absolute atomic E-state index is 13.9. The van der Waals surface area contributed by atoms with Gasteiger partial charge in [-0.1, -0.05) is 75.2 Å². The first-order chi connectivity index (χ1) is 40.9. The minimum Gasteiger partial charge on any atom is -0.480 e. The summed E-state index contributed by atoms with van der Waals surface area (Å²) in [7, 11) is 4.21. The van der Waals surface area contributed by atoms with Gasteiger partial charge in [-0.25, -0.2) is 13.8 Å². The van der Waals surface area contributed by atoms with Gasteiger partial charge >= 0.3 is 5.97 Å². The van der Waals surface area contributed by atoms with Gasteiger partial charge in [-0.15, -0.1) is 0 Å². The molecule has 2 atom stereocenters. The number of ether oxygens (including phenoxy) is 2. The minimum atomic E-state index is -3.23. The van der Waals surface area contributed by atoms with E-state index in [9.17, 15) is 47.6 Å². The molecule has 26 heteroatoms. The predicted molar refractivity (Wildman–Crippen MR) is 319 cm³/mol. The number of nitrogens with one attached hydrogen (secondary N) is 5. The van der Waals surface area contributed by atoms with E-state index < -0.39 is 73.0 Å². The van der Waals surface area contributed by atoms with Crippen LogP contribution in [0.5, 0.6) is 5.88 Å². The molecule has 0 bridgehead atoms. The van der Waals surface area contributed by atoms with Crippen LogP contribution < -0.4 is 37.1 Å². The first-order valence-corrected chi connectivity index (χ1v) is 29.9. The van der Waals surface area contributed by atoms with E-state index in [0.717, 1.165) is 56.9 Å². The molecule has 6 aromatic rings. The second-order valence-corrected chi connectivity index (χ2v) is 22.8. The summed E-state index contributed by atoms with van der Waals surface area (Å²) in [6.07, 6.45) is 7.17. The molecule has 7 N–H and O–H groups in total. The number of aryl methyl sites for hydroxylation is 2. The van der Waals surface area contributed by atoms with E-state index in [0.29, 0.717) is 47.2 Å². The molecule has 1 aliphatic rings. The van der Waals surface area contributed by atoms with E-state index in [2.05, 4.69) is 46.5 Å². The summed E-state index contributed by atoms with van der Waals surface area (Å²) in [6, 6.07) is 22.0. The summed E-state index contributed by atoms with van der Waals surface area (Å²) in [5.41, 5.74) is 13.7. The molecule has 0 radical (unpaired) electrons. The highest BCUT2D eigenvalue weighted by Crippen LogP contribution is 2.34. The SMILES string of the molecule is COc1ncc(-c2ccc3nccc(-c4ccc(COC(=O)CCCSSCC(NC(=O)CCC(=O)NCc5cc(C(=O)NCC(=O)N6CC(F)(F)C[C@H]6C#N)c(Cl)cn5)C(=O)NCCNC(=O)CCCc5ccc(C)cc5)nc4)c3c2)cc1N. The Morgan fingerprint density at radius 1 is 0.812 bits per heavy atom. The maximum atomic E-state index is 13.9. The lowest BCUT2D eigenvalue weighted by Crippen LogP contribution is -2.49. The number of methoxy groups -OCH3 is 1. The van der Waals surface area contributed by atoms with Gasteiger partial charge in [0.15, 0.2) is 0 Å². The fourth-order valence-electron chi connectivity index (χ4n) is 8.78. The van der Waals surface area contributed by atoms with Crippen LogP contribution in [-0.2, 0) is 53.1 Å². The number of nitrogen functional groups attached to an aromatic ring is 1. The van der Waals surface area contributed by atoms with Crippen LogP contribution in [0.1, 0.15) is 77.8 Å². The number of amides is 6. The average Bonchev–Trinajstić information content (AvgIpc) is 3.89. The van der Waals surface area contributed by atoms with Gasteiger partial charge in [0.05, 0.1) is 66.0 Å². The summed E-state index contributed by atoms with van der Waals surface area (Å²) in [5.74, 6) is -6.21. The van der Waals surface area contributed by atoms with E-state index in [1.54, 1.807) is 36.8 Å². The lowest BCUT2D eigenvalue weighted by molar-refractivity contribution is -0.145. The van der Waals surface area contributed by atoms with E-state index in [4.69, 9.17) is 26.8 Å². The normalized spacial score (nSPS) is 13.7. The highest BCUT2D eigenvalue weighted by atomic mass is 35.5. The van der Waals surface area contributed by atoms with Crippen LogP contribution in [0, 0.1) is 18.3 Å². The van der Waals surface area contributed by atoms with Crippen LogP contribution in [0.2, 0.25) is 5.02 Å². The zero-order chi connectivity index (χ0) is 60.9. The maximum Gasteiger partial charge on any atom is 0.306 e. The van der Waals surface area contributed by atoms with E-state index in [1.807, 2.05) is 61.5 Å². The van der Waals surface area contributed by atoms with Gasteiger partial charge in [-0.3, -0.25) is 48.5 Å². The first-order valence-electron chi connectivity index (χ1n) is 27.1. The average molecular weight is 1220 g/mol. The predicted octanol–water partition coefficient (Wildman–Crippen LogP) is 6.84. The van der Waals surface area contributed by atoms with E-state index in [1.165, 1.54) is 34.8 Å². The third-order valence-corrected chi connectivity index (χ3v) is 16.1. The molecule has 1 aliphatic heterocycles. The Morgan fingerprint density at radius 3 is 2.31 bits per heavy atom. The number of carbonyl (C=O) groups is 7. The molecule has 7 rings (SSSR count). The molecule has 446 valence electrons. The molecule has 1 unspecified atom stereocenters. The summed E-state index contributed by atoms with van der Waals surface area (Å²) in [5, 5.41) is 23.2. The smallest absolute Gasteiger partial charge is 0.306 e. The zero-order valence-corrected chi connectivity index (χ0v) is 49.0. The number of hydrogen-bond donors (Lipinski definition) is 6. The number of nitrogens with zero attached hydrogens (tertiary/aromatic N) is 6. The van der Waals surface area contributed by atoms with Crippen molar-refractivity contribution in [2.24, 2.45) is 0 Å². The third-order valence-electron chi connectivity index (χ3n) is 13.3. The Kier molecular flexibility index (Phi) is 23.7. The second-order valence-electron chi connectivity index (χ2n) is 19.8. The lowest BCUT2D eigenvalue weighted by atomic mass is 9.98. The molecule has 0 spiro atoms. The number of alkyl halides is 2.